The smallest absolute Gasteiger partial charge is 0.266 e. The number of nitrogens with zero attached hydrogens (tertiary/aromatic N) is 3. The van der Waals surface area contributed by atoms with Gasteiger partial charge in [0.15, 0.2) is 17.4 Å². The normalized spacial score (nSPS) is 11.2. The van der Waals surface area contributed by atoms with E-state index >= 15 is 0 Å². The number of carbonyl (C=O) groups excluding carboxylic acids is 1. The Hall–Kier alpha value is -2.46. The zero-order valence-electron chi connectivity index (χ0n) is 15.2. The number of benzene rings is 1. The molecule has 2 heterocycles. The molecule has 3 aromatic rings. The monoisotopic (exact) mass is 427 g/mol. The predicted molar refractivity (Wildman–Crippen MR) is 101 cm³/mol. The van der Waals surface area contributed by atoms with Gasteiger partial charge in [-0.2, -0.15) is 4.39 Å². The van der Waals surface area contributed by atoms with E-state index in [0.29, 0.717) is 18.3 Å². The molecule has 0 aliphatic rings. The van der Waals surface area contributed by atoms with Crippen LogP contribution in [0.15, 0.2) is 17.0 Å². The Balaban J connectivity index is 1.99. The lowest BCUT2D eigenvalue weighted by Gasteiger charge is -2.25. The van der Waals surface area contributed by atoms with Gasteiger partial charge in [-0.1, -0.05) is 0 Å². The first kappa shape index (κ1) is 20.3. The Morgan fingerprint density at radius 3 is 2.61 bits per heavy atom. The topological polar surface area (TPSA) is 66.3 Å². The van der Waals surface area contributed by atoms with Crippen molar-refractivity contribution in [2.75, 3.05) is 0 Å². The third-order valence-electron chi connectivity index (χ3n) is 4.05. The third kappa shape index (κ3) is 3.74. The van der Waals surface area contributed by atoms with Crippen LogP contribution in [-0.2, 0) is 6.54 Å². The molecule has 1 N–H and O–H groups in total. The van der Waals surface area contributed by atoms with Crippen molar-refractivity contribution >= 4 is 28.6 Å². The number of hydrogen-bond donors (Lipinski definition) is 1. The summed E-state index contributed by atoms with van der Waals surface area (Å²) in [5.41, 5.74) is 2.34. The average Bonchev–Trinajstić information content (AvgIpc) is 3.29. The van der Waals surface area contributed by atoms with E-state index < -0.39 is 28.8 Å². The Labute approximate surface area is 167 Å². The Bertz CT molecular complexity index is 1020. The zero-order valence-corrected chi connectivity index (χ0v) is 16.8. The minimum Gasteiger partial charge on any atom is -0.503 e. The average molecular weight is 427 g/mol. The molecular formula is C18H16F3N3O2S2. The minimum atomic E-state index is -1.67. The van der Waals surface area contributed by atoms with E-state index in [9.17, 15) is 23.1 Å². The number of amides is 1. The molecular weight excluding hydrogens is 411 g/mol. The summed E-state index contributed by atoms with van der Waals surface area (Å²) in [7, 11) is 0. The first-order chi connectivity index (χ1) is 13.2. The van der Waals surface area contributed by atoms with Gasteiger partial charge in [-0.25, -0.2) is 18.7 Å². The van der Waals surface area contributed by atoms with E-state index in [2.05, 4.69) is 9.97 Å². The molecule has 0 saturated heterocycles. The highest BCUT2D eigenvalue weighted by atomic mass is 32.1. The summed E-state index contributed by atoms with van der Waals surface area (Å²) in [6.45, 7) is 5.59. The van der Waals surface area contributed by atoms with Gasteiger partial charge < -0.3 is 10.0 Å². The zero-order chi connectivity index (χ0) is 20.6. The highest BCUT2D eigenvalue weighted by molar-refractivity contribution is 7.17. The van der Waals surface area contributed by atoms with E-state index in [-0.39, 0.29) is 21.8 Å². The summed E-state index contributed by atoms with van der Waals surface area (Å²) in [5.74, 6) is -6.13. The van der Waals surface area contributed by atoms with Gasteiger partial charge in [0.2, 0.25) is 5.82 Å². The SMILES string of the molecule is Cc1nc(-c2cc(F)c(F)c(O)c2F)sc1C(=O)N(Cc1cscn1)C(C)C. The molecule has 148 valence electrons. The van der Waals surface area contributed by atoms with Gasteiger partial charge in [0.05, 0.1) is 29.0 Å². The van der Waals surface area contributed by atoms with Crippen molar-refractivity contribution in [1.82, 2.24) is 14.9 Å². The largest absolute Gasteiger partial charge is 0.503 e. The van der Waals surface area contributed by atoms with Crippen LogP contribution in [0.5, 0.6) is 5.75 Å². The highest BCUT2D eigenvalue weighted by Gasteiger charge is 2.27. The van der Waals surface area contributed by atoms with E-state index in [1.165, 1.54) is 11.3 Å². The van der Waals surface area contributed by atoms with Crippen LogP contribution in [0.25, 0.3) is 10.6 Å². The molecule has 0 fully saturated rings. The van der Waals surface area contributed by atoms with Crippen LogP contribution in [0, 0.1) is 24.4 Å². The first-order valence-electron chi connectivity index (χ1n) is 8.23. The first-order valence-corrected chi connectivity index (χ1v) is 9.98. The molecule has 1 aromatic carbocycles. The van der Waals surface area contributed by atoms with Crippen molar-refractivity contribution in [3.63, 3.8) is 0 Å². The molecule has 0 unspecified atom stereocenters. The van der Waals surface area contributed by atoms with Crippen LogP contribution in [0.1, 0.15) is 34.9 Å². The molecule has 5 nitrogen and oxygen atoms in total. The molecule has 10 heteroatoms. The fraction of sp³-hybridized carbons (Fsp3) is 0.278. The molecule has 3 rings (SSSR count). The number of hydrogen-bond acceptors (Lipinski definition) is 6. The lowest BCUT2D eigenvalue weighted by Crippen LogP contribution is -2.36. The fourth-order valence-electron chi connectivity index (χ4n) is 2.57. The highest BCUT2D eigenvalue weighted by Crippen LogP contribution is 2.36. The van der Waals surface area contributed by atoms with Crippen LogP contribution in [0.3, 0.4) is 0 Å². The van der Waals surface area contributed by atoms with Crippen LogP contribution >= 0.6 is 22.7 Å². The molecule has 1 amide bonds. The Morgan fingerprint density at radius 1 is 1.29 bits per heavy atom. The summed E-state index contributed by atoms with van der Waals surface area (Å²) in [6.07, 6.45) is 0. The number of rotatable bonds is 5. The van der Waals surface area contributed by atoms with Crippen molar-refractivity contribution in [2.45, 2.75) is 33.4 Å². The Kier molecular flexibility index (Phi) is 5.71. The van der Waals surface area contributed by atoms with Gasteiger partial charge in [0, 0.05) is 11.4 Å². The molecule has 2 aromatic heterocycles. The number of carbonyl (C=O) groups is 1. The van der Waals surface area contributed by atoms with E-state index in [4.69, 9.17) is 0 Å². The number of phenolic OH excluding ortho intramolecular Hbond substituents is 1. The molecule has 0 aliphatic heterocycles. The minimum absolute atomic E-state index is 0.0232. The van der Waals surface area contributed by atoms with Crippen LogP contribution in [0.4, 0.5) is 13.2 Å². The number of phenols is 1. The number of aryl methyl sites for hydroxylation is 1. The standard InChI is InChI=1S/C18H16F3N3O2S2/c1-8(2)24(5-10-6-27-7-22-10)18(26)16-9(3)23-17(28-16)11-4-12(19)14(21)15(25)13(11)20/h4,6-8,25H,5H2,1-3H3. The maximum Gasteiger partial charge on any atom is 0.266 e. The van der Waals surface area contributed by atoms with E-state index in [1.54, 1.807) is 17.3 Å². The predicted octanol–water partition coefficient (Wildman–Crippen LogP) is 4.75. The summed E-state index contributed by atoms with van der Waals surface area (Å²) in [4.78, 5) is 23.2. The van der Waals surface area contributed by atoms with E-state index in [0.717, 1.165) is 17.0 Å². The third-order valence-corrected chi connectivity index (χ3v) is 5.87. The quantitative estimate of drug-likeness (QED) is 0.597. The molecule has 0 atom stereocenters. The number of aromatic hydroxyl groups is 1. The fourth-order valence-corrected chi connectivity index (χ4v) is 4.15. The van der Waals surface area contributed by atoms with Gasteiger partial charge in [-0.05, 0) is 26.8 Å². The number of thiazole rings is 2. The maximum absolute atomic E-state index is 14.2. The molecule has 0 saturated carbocycles. The van der Waals surface area contributed by atoms with Crippen LogP contribution in [0.2, 0.25) is 0 Å². The van der Waals surface area contributed by atoms with Gasteiger partial charge in [-0.3, -0.25) is 4.79 Å². The van der Waals surface area contributed by atoms with Gasteiger partial charge >= 0.3 is 0 Å². The van der Waals surface area contributed by atoms with Crippen molar-refractivity contribution in [3.05, 3.63) is 50.7 Å². The van der Waals surface area contributed by atoms with Crippen molar-refractivity contribution in [3.8, 4) is 16.3 Å². The second-order valence-electron chi connectivity index (χ2n) is 6.32. The molecule has 28 heavy (non-hydrogen) atoms. The van der Waals surface area contributed by atoms with Crippen molar-refractivity contribution in [1.29, 1.82) is 0 Å². The van der Waals surface area contributed by atoms with E-state index in [1.807, 2.05) is 19.2 Å². The Morgan fingerprint density at radius 2 is 2.00 bits per heavy atom. The summed E-state index contributed by atoms with van der Waals surface area (Å²) in [6, 6.07) is 0.482. The molecule has 0 bridgehead atoms. The van der Waals surface area contributed by atoms with Crippen molar-refractivity contribution in [2.24, 2.45) is 0 Å². The van der Waals surface area contributed by atoms with Gasteiger partial charge in [0.25, 0.3) is 5.91 Å². The van der Waals surface area contributed by atoms with Gasteiger partial charge in [0.1, 0.15) is 9.88 Å². The molecule has 0 spiro atoms. The molecule has 0 radical (unpaired) electrons. The lowest BCUT2D eigenvalue weighted by molar-refractivity contribution is 0.0692. The van der Waals surface area contributed by atoms with Gasteiger partial charge in [-0.15, -0.1) is 22.7 Å². The lowest BCUT2D eigenvalue weighted by atomic mass is 10.2. The molecule has 0 aliphatic carbocycles. The second kappa shape index (κ2) is 7.88. The maximum atomic E-state index is 14.2. The second-order valence-corrected chi connectivity index (χ2v) is 8.04. The summed E-state index contributed by atoms with van der Waals surface area (Å²) >= 11 is 2.28. The summed E-state index contributed by atoms with van der Waals surface area (Å²) < 4.78 is 41.2. The number of halogens is 3. The van der Waals surface area contributed by atoms with Crippen molar-refractivity contribution < 1.29 is 23.1 Å². The number of aromatic nitrogens is 2. The summed E-state index contributed by atoms with van der Waals surface area (Å²) in [5, 5.41) is 11.2. The van der Waals surface area contributed by atoms with Crippen LogP contribution < -0.4 is 0 Å². The van der Waals surface area contributed by atoms with Crippen LogP contribution in [-0.4, -0.2) is 31.9 Å².